The van der Waals surface area contributed by atoms with E-state index in [9.17, 15) is 9.59 Å². The minimum atomic E-state index is -0.398. The molecule has 1 aromatic heterocycles. The molecule has 0 aliphatic rings. The Labute approximate surface area is 175 Å². The van der Waals surface area contributed by atoms with Crippen LogP contribution in [-0.4, -0.2) is 26.2 Å². The summed E-state index contributed by atoms with van der Waals surface area (Å²) in [6.07, 6.45) is 0.832. The predicted octanol–water partition coefficient (Wildman–Crippen LogP) is 4.48. The van der Waals surface area contributed by atoms with Gasteiger partial charge in [-0.05, 0) is 58.4 Å². The van der Waals surface area contributed by atoms with Crippen LogP contribution in [0.2, 0.25) is 0 Å². The van der Waals surface area contributed by atoms with Crippen molar-refractivity contribution in [1.82, 2.24) is 14.9 Å². The molecule has 0 aliphatic carbocycles. The van der Waals surface area contributed by atoms with Gasteiger partial charge in [-0.2, -0.15) is 0 Å². The Morgan fingerprint density at radius 2 is 1.83 bits per heavy atom. The van der Waals surface area contributed by atoms with Gasteiger partial charge in [0, 0.05) is 5.54 Å². The number of carbonyl (C=O) groups is 1. The van der Waals surface area contributed by atoms with Gasteiger partial charge >= 0.3 is 0 Å². The van der Waals surface area contributed by atoms with Crippen LogP contribution in [-0.2, 0) is 4.79 Å². The van der Waals surface area contributed by atoms with E-state index in [2.05, 4.69) is 5.32 Å². The number of fused-ring (bicyclic) bond motifs is 1. The number of nitrogens with one attached hydrogen (secondary N) is 1. The van der Waals surface area contributed by atoms with E-state index in [0.717, 1.165) is 17.7 Å². The zero-order valence-electron chi connectivity index (χ0n) is 17.5. The molecule has 0 radical (unpaired) electrons. The van der Waals surface area contributed by atoms with E-state index in [1.165, 1.54) is 11.8 Å². The van der Waals surface area contributed by atoms with Gasteiger partial charge in [-0.1, -0.05) is 48.5 Å². The third kappa shape index (κ3) is 4.70. The molecule has 3 rings (SSSR count). The fourth-order valence-electron chi connectivity index (χ4n) is 2.85. The van der Waals surface area contributed by atoms with Gasteiger partial charge in [-0.25, -0.2) is 4.98 Å². The van der Waals surface area contributed by atoms with Crippen molar-refractivity contribution in [3.05, 3.63) is 64.4 Å². The average molecular weight is 410 g/mol. The Kier molecular flexibility index (Phi) is 6.13. The highest BCUT2D eigenvalue weighted by molar-refractivity contribution is 8.00. The van der Waals surface area contributed by atoms with Crippen molar-refractivity contribution in [2.45, 2.75) is 57.0 Å². The van der Waals surface area contributed by atoms with E-state index >= 15 is 0 Å². The van der Waals surface area contributed by atoms with Crippen LogP contribution in [0.15, 0.2) is 58.5 Å². The number of aryl methyl sites for hydroxylation is 1. The lowest BCUT2D eigenvalue weighted by Gasteiger charge is -2.26. The summed E-state index contributed by atoms with van der Waals surface area (Å²) in [5, 5.41) is 3.74. The van der Waals surface area contributed by atoms with Crippen LogP contribution in [0, 0.1) is 6.92 Å². The number of hydrogen-bond acceptors (Lipinski definition) is 4. The second kappa shape index (κ2) is 8.41. The van der Waals surface area contributed by atoms with Crippen LogP contribution in [0.1, 0.15) is 39.7 Å². The first-order chi connectivity index (χ1) is 13.7. The van der Waals surface area contributed by atoms with Gasteiger partial charge in [0.15, 0.2) is 5.16 Å². The number of para-hydroxylation sites is 1. The lowest BCUT2D eigenvalue weighted by molar-refractivity contribution is -0.121. The molecule has 0 saturated heterocycles. The third-order valence-corrected chi connectivity index (χ3v) is 6.09. The van der Waals surface area contributed by atoms with E-state index in [1.54, 1.807) is 10.6 Å². The van der Waals surface area contributed by atoms with Crippen molar-refractivity contribution in [2.75, 3.05) is 0 Å². The van der Waals surface area contributed by atoms with Crippen molar-refractivity contribution in [3.63, 3.8) is 0 Å². The van der Waals surface area contributed by atoms with E-state index in [1.807, 2.05) is 77.1 Å². The molecule has 5 nitrogen and oxygen atoms in total. The van der Waals surface area contributed by atoms with Gasteiger partial charge in [0.2, 0.25) is 5.91 Å². The van der Waals surface area contributed by atoms with E-state index in [4.69, 9.17) is 4.98 Å². The number of aromatic nitrogens is 2. The van der Waals surface area contributed by atoms with E-state index < -0.39 is 5.25 Å². The molecule has 0 saturated carbocycles. The standard InChI is InChI=1S/C23H27N3O2S/c1-6-23(4,5)25-20(27)16(3)29-22-24-19-10-8-7-9-18(19)21(28)26(22)17-13-11-15(2)12-14-17/h7-14,16H,6H2,1-5H3,(H,25,27). The maximum Gasteiger partial charge on any atom is 0.266 e. The summed E-state index contributed by atoms with van der Waals surface area (Å²) in [4.78, 5) is 30.7. The summed E-state index contributed by atoms with van der Waals surface area (Å²) in [6.45, 7) is 9.88. The van der Waals surface area contributed by atoms with Crippen molar-refractivity contribution in [2.24, 2.45) is 0 Å². The largest absolute Gasteiger partial charge is 0.350 e. The van der Waals surface area contributed by atoms with Crippen LogP contribution < -0.4 is 10.9 Å². The Balaban J connectivity index is 2.06. The fourth-order valence-corrected chi connectivity index (χ4v) is 3.78. The fraction of sp³-hybridized carbons (Fsp3) is 0.348. The molecule has 1 N–H and O–H groups in total. The first kappa shape index (κ1) is 21.1. The zero-order valence-corrected chi connectivity index (χ0v) is 18.3. The summed E-state index contributed by atoms with van der Waals surface area (Å²) in [7, 11) is 0. The van der Waals surface area contributed by atoms with Crippen molar-refractivity contribution in [1.29, 1.82) is 0 Å². The summed E-state index contributed by atoms with van der Waals surface area (Å²) in [5.41, 5.74) is 2.06. The monoisotopic (exact) mass is 409 g/mol. The second-order valence-electron chi connectivity index (χ2n) is 7.87. The minimum Gasteiger partial charge on any atom is -0.350 e. The molecule has 152 valence electrons. The SMILES string of the molecule is CCC(C)(C)NC(=O)C(C)Sc1nc2ccccc2c(=O)n1-c1ccc(C)cc1. The molecule has 0 aliphatic heterocycles. The van der Waals surface area contributed by atoms with Crippen LogP contribution in [0.5, 0.6) is 0 Å². The molecular formula is C23H27N3O2S. The Morgan fingerprint density at radius 3 is 2.48 bits per heavy atom. The normalized spacial score (nSPS) is 12.7. The summed E-state index contributed by atoms with van der Waals surface area (Å²) in [6, 6.07) is 15.0. The molecule has 3 aromatic rings. The van der Waals surface area contributed by atoms with Gasteiger partial charge in [0.25, 0.3) is 5.56 Å². The quantitative estimate of drug-likeness (QED) is 0.482. The van der Waals surface area contributed by atoms with Gasteiger partial charge in [-0.3, -0.25) is 14.2 Å². The Hall–Kier alpha value is -2.60. The van der Waals surface area contributed by atoms with Crippen LogP contribution in [0.3, 0.4) is 0 Å². The predicted molar refractivity (Wildman–Crippen MR) is 120 cm³/mol. The van der Waals surface area contributed by atoms with E-state index in [0.29, 0.717) is 16.1 Å². The van der Waals surface area contributed by atoms with Crippen LogP contribution >= 0.6 is 11.8 Å². The number of hydrogen-bond donors (Lipinski definition) is 1. The Bertz CT molecular complexity index is 1090. The van der Waals surface area contributed by atoms with Crippen LogP contribution in [0.25, 0.3) is 16.6 Å². The van der Waals surface area contributed by atoms with Crippen LogP contribution in [0.4, 0.5) is 0 Å². The van der Waals surface area contributed by atoms with Crippen molar-refractivity contribution < 1.29 is 4.79 Å². The summed E-state index contributed by atoms with van der Waals surface area (Å²) < 4.78 is 1.60. The molecule has 0 spiro atoms. The first-order valence-corrected chi connectivity index (χ1v) is 10.7. The summed E-state index contributed by atoms with van der Waals surface area (Å²) in [5.74, 6) is -0.0697. The van der Waals surface area contributed by atoms with Gasteiger partial charge in [0.05, 0.1) is 21.8 Å². The molecule has 1 unspecified atom stereocenters. The third-order valence-electron chi connectivity index (χ3n) is 5.03. The van der Waals surface area contributed by atoms with Crippen molar-refractivity contribution >= 4 is 28.6 Å². The smallest absolute Gasteiger partial charge is 0.266 e. The van der Waals surface area contributed by atoms with Crippen molar-refractivity contribution in [3.8, 4) is 5.69 Å². The summed E-state index contributed by atoms with van der Waals surface area (Å²) >= 11 is 1.30. The average Bonchev–Trinajstić information content (AvgIpc) is 2.69. The lowest BCUT2D eigenvalue weighted by Crippen LogP contribution is -2.46. The molecule has 1 amide bonds. The molecule has 29 heavy (non-hydrogen) atoms. The number of rotatable bonds is 6. The maximum absolute atomic E-state index is 13.3. The van der Waals surface area contributed by atoms with E-state index in [-0.39, 0.29) is 17.0 Å². The highest BCUT2D eigenvalue weighted by Crippen LogP contribution is 2.26. The number of benzene rings is 2. The molecule has 6 heteroatoms. The minimum absolute atomic E-state index is 0.0697. The first-order valence-electron chi connectivity index (χ1n) is 9.79. The topological polar surface area (TPSA) is 64.0 Å². The highest BCUT2D eigenvalue weighted by Gasteiger charge is 2.24. The van der Waals surface area contributed by atoms with Gasteiger partial charge < -0.3 is 5.32 Å². The van der Waals surface area contributed by atoms with Gasteiger partial charge in [-0.15, -0.1) is 0 Å². The lowest BCUT2D eigenvalue weighted by atomic mass is 10.0. The number of thioether (sulfide) groups is 1. The Morgan fingerprint density at radius 1 is 1.17 bits per heavy atom. The van der Waals surface area contributed by atoms with Gasteiger partial charge in [0.1, 0.15) is 0 Å². The number of carbonyl (C=O) groups excluding carboxylic acids is 1. The maximum atomic E-state index is 13.3. The molecule has 0 bridgehead atoms. The molecule has 0 fully saturated rings. The second-order valence-corrected chi connectivity index (χ2v) is 9.18. The highest BCUT2D eigenvalue weighted by atomic mass is 32.2. The number of amides is 1. The molecule has 1 heterocycles. The number of nitrogens with zero attached hydrogens (tertiary/aromatic N) is 2. The molecule has 1 atom stereocenters. The molecular weight excluding hydrogens is 382 g/mol. The molecule has 2 aromatic carbocycles. The zero-order chi connectivity index (χ0) is 21.2.